The monoisotopic (exact) mass is 127 g/mol. The van der Waals surface area contributed by atoms with Crippen LogP contribution in [-0.2, 0) is 0 Å². The van der Waals surface area contributed by atoms with Gasteiger partial charge in [0.15, 0.2) is 0 Å². The van der Waals surface area contributed by atoms with E-state index >= 15 is 0 Å². The molecule has 3 N–H and O–H groups in total. The number of hydrogen-bond acceptors (Lipinski definition) is 3. The standard InChI is InChI=1S/C6H13N3/c7-9-6-4-2-1-3-5-8-6/h1-5,7H2,(H,8,9). The average molecular weight is 127 g/mol. The fourth-order valence-electron chi connectivity index (χ4n) is 0.992. The quantitative estimate of drug-likeness (QED) is 0.366. The molecule has 0 atom stereocenters. The number of nitrogens with zero attached hydrogens (tertiary/aromatic N) is 1. The van der Waals surface area contributed by atoms with E-state index in [9.17, 15) is 0 Å². The second-order valence-corrected chi connectivity index (χ2v) is 2.28. The van der Waals surface area contributed by atoms with E-state index in [0.29, 0.717) is 0 Å². The number of rotatable bonds is 0. The third-order valence-electron chi connectivity index (χ3n) is 1.54. The van der Waals surface area contributed by atoms with Crippen LogP contribution < -0.4 is 11.3 Å². The molecule has 0 unspecified atom stereocenters. The second kappa shape index (κ2) is 3.45. The molecule has 1 aliphatic heterocycles. The first-order chi connectivity index (χ1) is 4.43. The number of nitrogens with one attached hydrogen (secondary N) is 1. The van der Waals surface area contributed by atoms with E-state index in [1.54, 1.807) is 0 Å². The normalized spacial score (nSPS) is 20.3. The van der Waals surface area contributed by atoms with Crippen LogP contribution in [-0.4, -0.2) is 12.4 Å². The van der Waals surface area contributed by atoms with Gasteiger partial charge < -0.3 is 5.43 Å². The lowest BCUT2D eigenvalue weighted by molar-refractivity contribution is 0.729. The summed E-state index contributed by atoms with van der Waals surface area (Å²) in [5.74, 6) is 6.16. The van der Waals surface area contributed by atoms with Gasteiger partial charge in [0.1, 0.15) is 5.84 Å². The molecule has 0 aromatic heterocycles. The van der Waals surface area contributed by atoms with Crippen molar-refractivity contribution in [2.24, 2.45) is 10.8 Å². The highest BCUT2D eigenvalue weighted by molar-refractivity contribution is 5.81. The van der Waals surface area contributed by atoms with Crippen LogP contribution in [0, 0.1) is 0 Å². The smallest absolute Gasteiger partial charge is 0.110 e. The van der Waals surface area contributed by atoms with E-state index in [4.69, 9.17) is 5.84 Å². The third-order valence-corrected chi connectivity index (χ3v) is 1.54. The van der Waals surface area contributed by atoms with Gasteiger partial charge in [-0.05, 0) is 12.8 Å². The summed E-state index contributed by atoms with van der Waals surface area (Å²) in [5.41, 5.74) is 2.59. The van der Waals surface area contributed by atoms with Gasteiger partial charge in [-0.25, -0.2) is 5.84 Å². The second-order valence-electron chi connectivity index (χ2n) is 2.28. The molecule has 0 aromatic carbocycles. The highest BCUT2D eigenvalue weighted by atomic mass is 15.2. The van der Waals surface area contributed by atoms with Crippen molar-refractivity contribution in [3.8, 4) is 0 Å². The number of hydrazine groups is 1. The van der Waals surface area contributed by atoms with Gasteiger partial charge in [0.05, 0.1) is 0 Å². The third kappa shape index (κ3) is 2.01. The molecule has 9 heavy (non-hydrogen) atoms. The Morgan fingerprint density at radius 2 is 2.22 bits per heavy atom. The summed E-state index contributed by atoms with van der Waals surface area (Å²) >= 11 is 0. The predicted molar refractivity (Wildman–Crippen MR) is 38.1 cm³/mol. The average Bonchev–Trinajstić information content (AvgIpc) is 2.13. The summed E-state index contributed by atoms with van der Waals surface area (Å²) in [6.07, 6.45) is 4.75. The summed E-state index contributed by atoms with van der Waals surface area (Å²) in [4.78, 5) is 4.22. The van der Waals surface area contributed by atoms with Gasteiger partial charge in [-0.1, -0.05) is 6.42 Å². The molecule has 0 fully saturated rings. The summed E-state index contributed by atoms with van der Waals surface area (Å²) in [5, 5.41) is 0. The van der Waals surface area contributed by atoms with E-state index in [2.05, 4.69) is 10.4 Å². The Hall–Kier alpha value is -0.570. The largest absolute Gasteiger partial charge is 0.312 e. The molecule has 1 rings (SSSR count). The lowest BCUT2D eigenvalue weighted by Crippen LogP contribution is -2.29. The SMILES string of the molecule is NNC1=NCCCCC1. The van der Waals surface area contributed by atoms with Gasteiger partial charge in [-0.15, -0.1) is 0 Å². The van der Waals surface area contributed by atoms with Crippen LogP contribution in [0.1, 0.15) is 25.7 Å². The zero-order valence-corrected chi connectivity index (χ0v) is 5.56. The molecule has 0 saturated heterocycles. The zero-order valence-electron chi connectivity index (χ0n) is 5.56. The maximum Gasteiger partial charge on any atom is 0.110 e. The van der Waals surface area contributed by atoms with Crippen molar-refractivity contribution in [2.45, 2.75) is 25.7 Å². The molecule has 0 aliphatic carbocycles. The molecular weight excluding hydrogens is 114 g/mol. The maximum absolute atomic E-state index is 5.19. The van der Waals surface area contributed by atoms with Crippen LogP contribution in [0.2, 0.25) is 0 Å². The Kier molecular flexibility index (Phi) is 2.51. The molecule has 0 saturated carbocycles. The van der Waals surface area contributed by atoms with E-state index in [1.165, 1.54) is 19.3 Å². The minimum Gasteiger partial charge on any atom is -0.312 e. The number of aliphatic imine (C=N–C) groups is 1. The van der Waals surface area contributed by atoms with E-state index in [-0.39, 0.29) is 0 Å². The zero-order chi connectivity index (χ0) is 6.53. The fraction of sp³-hybridized carbons (Fsp3) is 0.833. The van der Waals surface area contributed by atoms with Crippen LogP contribution in [0.15, 0.2) is 4.99 Å². The van der Waals surface area contributed by atoms with Crippen molar-refractivity contribution >= 4 is 5.84 Å². The highest BCUT2D eigenvalue weighted by Gasteiger charge is 2.00. The number of hydrogen-bond donors (Lipinski definition) is 2. The fourth-order valence-corrected chi connectivity index (χ4v) is 0.992. The van der Waals surface area contributed by atoms with Crippen molar-refractivity contribution in [1.82, 2.24) is 5.43 Å². The van der Waals surface area contributed by atoms with Crippen molar-refractivity contribution in [3.05, 3.63) is 0 Å². The van der Waals surface area contributed by atoms with Gasteiger partial charge in [-0.3, -0.25) is 4.99 Å². The Balaban J connectivity index is 2.37. The van der Waals surface area contributed by atoms with Crippen LogP contribution in [0.4, 0.5) is 0 Å². The van der Waals surface area contributed by atoms with Crippen molar-refractivity contribution in [2.75, 3.05) is 6.54 Å². The van der Waals surface area contributed by atoms with Crippen LogP contribution in [0.5, 0.6) is 0 Å². The summed E-state index contributed by atoms with van der Waals surface area (Å²) in [7, 11) is 0. The van der Waals surface area contributed by atoms with Crippen molar-refractivity contribution in [3.63, 3.8) is 0 Å². The van der Waals surface area contributed by atoms with Gasteiger partial charge in [-0.2, -0.15) is 0 Å². The first-order valence-electron chi connectivity index (χ1n) is 3.43. The van der Waals surface area contributed by atoms with E-state index in [1.807, 2.05) is 0 Å². The van der Waals surface area contributed by atoms with Gasteiger partial charge in [0.25, 0.3) is 0 Å². The van der Waals surface area contributed by atoms with Crippen LogP contribution in [0.3, 0.4) is 0 Å². The Labute approximate surface area is 55.3 Å². The molecular formula is C6H13N3. The summed E-state index contributed by atoms with van der Waals surface area (Å²) in [6.45, 7) is 0.944. The summed E-state index contributed by atoms with van der Waals surface area (Å²) in [6, 6.07) is 0. The molecule has 52 valence electrons. The Bertz CT molecular complexity index is 109. The molecule has 1 heterocycles. The van der Waals surface area contributed by atoms with Gasteiger partial charge in [0, 0.05) is 13.0 Å². The van der Waals surface area contributed by atoms with E-state index in [0.717, 1.165) is 18.8 Å². The molecule has 0 bridgehead atoms. The molecule has 3 nitrogen and oxygen atoms in total. The molecule has 0 spiro atoms. The number of nitrogens with two attached hydrogens (primary N) is 1. The maximum atomic E-state index is 5.19. The van der Waals surface area contributed by atoms with Gasteiger partial charge >= 0.3 is 0 Å². The van der Waals surface area contributed by atoms with E-state index < -0.39 is 0 Å². The highest BCUT2D eigenvalue weighted by Crippen LogP contribution is 2.04. The predicted octanol–water partition coefficient (Wildman–Crippen LogP) is 0.422. The van der Waals surface area contributed by atoms with Crippen LogP contribution >= 0.6 is 0 Å². The molecule has 0 radical (unpaired) electrons. The Morgan fingerprint density at radius 1 is 1.33 bits per heavy atom. The first-order valence-corrected chi connectivity index (χ1v) is 3.43. The number of amidine groups is 1. The topological polar surface area (TPSA) is 50.4 Å². The minimum absolute atomic E-state index is 0.944. The minimum atomic E-state index is 0.944. The molecule has 1 aliphatic rings. The van der Waals surface area contributed by atoms with Crippen molar-refractivity contribution in [1.29, 1.82) is 0 Å². The van der Waals surface area contributed by atoms with Crippen LogP contribution in [0.25, 0.3) is 0 Å². The van der Waals surface area contributed by atoms with Crippen molar-refractivity contribution < 1.29 is 0 Å². The molecule has 3 heteroatoms. The Morgan fingerprint density at radius 3 is 3.00 bits per heavy atom. The van der Waals surface area contributed by atoms with Gasteiger partial charge in [0.2, 0.25) is 0 Å². The first kappa shape index (κ1) is 6.55. The lowest BCUT2D eigenvalue weighted by Gasteiger charge is -1.98. The summed E-state index contributed by atoms with van der Waals surface area (Å²) < 4.78 is 0. The molecule has 0 amide bonds. The molecule has 0 aromatic rings. The lowest BCUT2D eigenvalue weighted by atomic mass is 10.2.